The number of hydrogen-bond acceptors (Lipinski definition) is 6. The van der Waals surface area contributed by atoms with E-state index in [0.717, 1.165) is 12.8 Å². The van der Waals surface area contributed by atoms with Gasteiger partial charge in [0.1, 0.15) is 29.2 Å². The van der Waals surface area contributed by atoms with Crippen molar-refractivity contribution >= 4 is 17.9 Å². The Balaban J connectivity index is 2.61. The highest BCUT2D eigenvalue weighted by Crippen LogP contribution is 2.32. The van der Waals surface area contributed by atoms with Crippen LogP contribution in [0.5, 0.6) is 11.5 Å². The van der Waals surface area contributed by atoms with Gasteiger partial charge in [-0.25, -0.2) is 4.79 Å². The van der Waals surface area contributed by atoms with Crippen LogP contribution in [0, 0.1) is 0 Å². The number of amides is 3. The molecule has 2 aromatic rings. The summed E-state index contributed by atoms with van der Waals surface area (Å²) in [4.78, 5) is 42.6. The molecule has 0 saturated heterocycles. The third kappa shape index (κ3) is 9.77. The zero-order chi connectivity index (χ0) is 30.3. The van der Waals surface area contributed by atoms with Gasteiger partial charge in [0, 0.05) is 18.0 Å². The summed E-state index contributed by atoms with van der Waals surface area (Å²) in [5.74, 6) is -0.857. The molecule has 0 aromatic heterocycles. The van der Waals surface area contributed by atoms with E-state index < -0.39 is 41.1 Å². The van der Waals surface area contributed by atoms with E-state index in [2.05, 4.69) is 10.6 Å². The van der Waals surface area contributed by atoms with Crippen LogP contribution in [-0.2, 0) is 20.7 Å². The second kappa shape index (κ2) is 13.5. The average molecular weight is 556 g/mol. The van der Waals surface area contributed by atoms with Crippen molar-refractivity contribution in [2.24, 2.45) is 0 Å². The van der Waals surface area contributed by atoms with Gasteiger partial charge in [-0.1, -0.05) is 37.6 Å². The molecule has 220 valence electrons. The lowest BCUT2D eigenvalue weighted by atomic mass is 9.93. The second-order valence-electron chi connectivity index (χ2n) is 12.1. The monoisotopic (exact) mass is 555 g/mol. The maximum atomic E-state index is 14.4. The fraction of sp³-hybridized carbons (Fsp3) is 0.516. The number of carbonyl (C=O) groups excluding carboxylic acids is 3. The minimum absolute atomic E-state index is 0.0364. The van der Waals surface area contributed by atoms with Gasteiger partial charge in [0.15, 0.2) is 0 Å². The average Bonchev–Trinajstić information content (AvgIpc) is 2.81. The molecule has 2 rings (SSSR count). The summed E-state index contributed by atoms with van der Waals surface area (Å²) in [6.07, 6.45) is 0.944. The van der Waals surface area contributed by atoms with Gasteiger partial charge in [0.05, 0.1) is 0 Å². The van der Waals surface area contributed by atoms with Crippen LogP contribution >= 0.6 is 0 Å². The van der Waals surface area contributed by atoms with Gasteiger partial charge in [-0.3, -0.25) is 9.59 Å². The quantitative estimate of drug-likeness (QED) is 0.319. The van der Waals surface area contributed by atoms with Crippen molar-refractivity contribution in [3.05, 3.63) is 59.7 Å². The second-order valence-corrected chi connectivity index (χ2v) is 12.1. The van der Waals surface area contributed by atoms with Gasteiger partial charge < -0.3 is 30.5 Å². The van der Waals surface area contributed by atoms with Gasteiger partial charge in [-0.15, -0.1) is 0 Å². The number of ether oxygens (including phenoxy) is 1. The number of aromatic hydroxyl groups is 2. The topological polar surface area (TPSA) is 128 Å². The van der Waals surface area contributed by atoms with Crippen LogP contribution in [0.25, 0.3) is 0 Å². The Morgan fingerprint density at radius 3 is 2.08 bits per heavy atom. The van der Waals surface area contributed by atoms with Crippen molar-refractivity contribution in [1.29, 1.82) is 0 Å². The van der Waals surface area contributed by atoms with Crippen molar-refractivity contribution in [2.45, 2.75) is 104 Å². The molecule has 3 amide bonds. The predicted molar refractivity (Wildman–Crippen MR) is 155 cm³/mol. The fourth-order valence-corrected chi connectivity index (χ4v) is 4.47. The number of benzene rings is 2. The Bertz CT molecular complexity index is 1150. The molecule has 4 N–H and O–H groups in total. The van der Waals surface area contributed by atoms with E-state index in [1.807, 2.05) is 34.6 Å². The van der Waals surface area contributed by atoms with E-state index in [1.54, 1.807) is 45.0 Å². The summed E-state index contributed by atoms with van der Waals surface area (Å²) >= 11 is 0. The number of alkyl carbamates (subject to hydrolysis) is 1. The molecule has 9 nitrogen and oxygen atoms in total. The summed E-state index contributed by atoms with van der Waals surface area (Å²) in [7, 11) is 0. The number of rotatable bonds is 10. The number of nitrogens with zero attached hydrogens (tertiary/aromatic N) is 1. The van der Waals surface area contributed by atoms with E-state index in [9.17, 15) is 24.6 Å². The van der Waals surface area contributed by atoms with Crippen LogP contribution in [0.1, 0.15) is 85.4 Å². The highest BCUT2D eigenvalue weighted by molar-refractivity contribution is 5.93. The smallest absolute Gasteiger partial charge is 0.408 e. The third-order valence-corrected chi connectivity index (χ3v) is 6.13. The predicted octanol–water partition coefficient (Wildman–Crippen LogP) is 5.21. The van der Waals surface area contributed by atoms with Crippen LogP contribution in [0.4, 0.5) is 4.79 Å². The van der Waals surface area contributed by atoms with E-state index >= 15 is 0 Å². The standard InChI is InChI=1S/C31H45N3O6/c1-9-11-20(2)32-27(37)26(22-12-10-13-24(36)19-22)34(30(3,4)5)28(38)25(33-29(39)40-31(6,7)8)18-21-14-16-23(35)17-15-21/h10,12-17,19-20,25-26,35-36H,9,11,18H2,1-8H3,(H,32,37)(H,33,39). The number of carbonyl (C=O) groups is 3. The van der Waals surface area contributed by atoms with Crippen molar-refractivity contribution in [1.82, 2.24) is 15.5 Å². The summed E-state index contributed by atoms with van der Waals surface area (Å²) in [5.41, 5.74) is -0.540. The Kier molecular flexibility index (Phi) is 11.0. The molecule has 0 bridgehead atoms. The molecule has 3 atom stereocenters. The maximum absolute atomic E-state index is 14.4. The first-order valence-corrected chi connectivity index (χ1v) is 13.7. The lowest BCUT2D eigenvalue weighted by molar-refractivity contribution is -0.148. The van der Waals surface area contributed by atoms with Crippen molar-refractivity contribution in [3.63, 3.8) is 0 Å². The molecule has 2 aromatic carbocycles. The van der Waals surface area contributed by atoms with Crippen molar-refractivity contribution in [2.75, 3.05) is 0 Å². The minimum Gasteiger partial charge on any atom is -0.508 e. The van der Waals surface area contributed by atoms with Gasteiger partial charge in [0.25, 0.3) is 0 Å². The van der Waals surface area contributed by atoms with Gasteiger partial charge in [-0.2, -0.15) is 0 Å². The van der Waals surface area contributed by atoms with Gasteiger partial charge >= 0.3 is 6.09 Å². The van der Waals surface area contributed by atoms with Crippen LogP contribution in [0.15, 0.2) is 48.5 Å². The van der Waals surface area contributed by atoms with Crippen LogP contribution < -0.4 is 10.6 Å². The summed E-state index contributed by atoms with van der Waals surface area (Å²) < 4.78 is 5.46. The lowest BCUT2D eigenvalue weighted by Crippen LogP contribution is -2.59. The fourth-order valence-electron chi connectivity index (χ4n) is 4.47. The molecule has 0 aliphatic rings. The maximum Gasteiger partial charge on any atom is 0.408 e. The molecule has 0 spiro atoms. The molecule has 9 heteroatoms. The zero-order valence-electron chi connectivity index (χ0n) is 24.9. The van der Waals surface area contributed by atoms with E-state index in [1.165, 1.54) is 29.2 Å². The lowest BCUT2D eigenvalue weighted by Gasteiger charge is -2.43. The highest BCUT2D eigenvalue weighted by atomic mass is 16.6. The van der Waals surface area contributed by atoms with Crippen LogP contribution in [0.3, 0.4) is 0 Å². The van der Waals surface area contributed by atoms with Gasteiger partial charge in [0.2, 0.25) is 11.8 Å². The normalized spacial score (nSPS) is 14.0. The van der Waals surface area contributed by atoms with Gasteiger partial charge in [-0.05, 0) is 90.3 Å². The summed E-state index contributed by atoms with van der Waals surface area (Å²) in [6.45, 7) is 14.6. The van der Waals surface area contributed by atoms with E-state index in [0.29, 0.717) is 11.1 Å². The number of nitrogens with one attached hydrogen (secondary N) is 2. The molecule has 0 aliphatic carbocycles. The largest absolute Gasteiger partial charge is 0.508 e. The summed E-state index contributed by atoms with van der Waals surface area (Å²) in [6, 6.07) is 10.3. The molecular weight excluding hydrogens is 510 g/mol. The Labute approximate surface area is 237 Å². The molecule has 0 saturated carbocycles. The molecule has 40 heavy (non-hydrogen) atoms. The Hall–Kier alpha value is -3.75. The molecule has 0 aliphatic heterocycles. The molecular formula is C31H45N3O6. The first-order chi connectivity index (χ1) is 18.5. The van der Waals surface area contributed by atoms with Crippen molar-refractivity contribution in [3.8, 4) is 11.5 Å². The van der Waals surface area contributed by atoms with Crippen molar-refractivity contribution < 1.29 is 29.3 Å². The number of hydrogen-bond donors (Lipinski definition) is 4. The van der Waals surface area contributed by atoms with Crippen LogP contribution in [0.2, 0.25) is 0 Å². The molecule has 0 radical (unpaired) electrons. The molecule has 3 unspecified atom stereocenters. The summed E-state index contributed by atoms with van der Waals surface area (Å²) in [5, 5.41) is 25.7. The van der Waals surface area contributed by atoms with E-state index in [-0.39, 0.29) is 24.0 Å². The third-order valence-electron chi connectivity index (χ3n) is 6.13. The van der Waals surface area contributed by atoms with E-state index in [4.69, 9.17) is 4.74 Å². The first-order valence-electron chi connectivity index (χ1n) is 13.7. The minimum atomic E-state index is -1.10. The SMILES string of the molecule is CCCC(C)NC(=O)C(c1cccc(O)c1)N(C(=O)C(Cc1ccc(O)cc1)NC(=O)OC(C)(C)C)C(C)(C)C. The van der Waals surface area contributed by atoms with Crippen LogP contribution in [-0.4, -0.2) is 56.2 Å². The number of phenols is 2. The molecule has 0 heterocycles. The zero-order valence-corrected chi connectivity index (χ0v) is 24.9. The first kappa shape index (κ1) is 32.5. The number of phenolic OH excluding ortho intramolecular Hbond substituents is 2. The molecule has 0 fully saturated rings. The Morgan fingerprint density at radius 1 is 0.925 bits per heavy atom. The highest BCUT2D eigenvalue weighted by Gasteiger charge is 2.42. The Morgan fingerprint density at radius 2 is 1.55 bits per heavy atom.